The fourth-order valence-corrected chi connectivity index (χ4v) is 4.38. The van der Waals surface area contributed by atoms with Crippen molar-refractivity contribution in [2.75, 3.05) is 40.4 Å². The largest absolute Gasteiger partial charge is 0.493 e. The van der Waals surface area contributed by atoms with E-state index in [0.29, 0.717) is 24.6 Å². The summed E-state index contributed by atoms with van der Waals surface area (Å²) in [5, 5.41) is 10.0. The Balaban J connectivity index is 1.37. The molecule has 2 aromatic rings. The van der Waals surface area contributed by atoms with Gasteiger partial charge in [-0.1, -0.05) is 0 Å². The summed E-state index contributed by atoms with van der Waals surface area (Å²) in [6.45, 7) is 1.61. The van der Waals surface area contributed by atoms with E-state index in [1.54, 1.807) is 20.4 Å². The van der Waals surface area contributed by atoms with Crippen LogP contribution in [0.1, 0.15) is 19.3 Å². The van der Waals surface area contributed by atoms with Crippen LogP contribution in [0.3, 0.4) is 0 Å². The van der Waals surface area contributed by atoms with Gasteiger partial charge in [-0.25, -0.2) is 4.39 Å². The van der Waals surface area contributed by atoms with Gasteiger partial charge in [-0.2, -0.15) is 5.26 Å². The zero-order valence-electron chi connectivity index (χ0n) is 18.3. The lowest BCUT2D eigenvalue weighted by molar-refractivity contribution is -0.133. The van der Waals surface area contributed by atoms with Crippen LogP contribution in [0.4, 0.5) is 4.39 Å². The van der Waals surface area contributed by atoms with Crippen molar-refractivity contribution in [3.63, 3.8) is 0 Å². The number of nitriles is 1. The minimum atomic E-state index is -1.11. The number of hydrogen-bond donors (Lipinski definition) is 0. The third kappa shape index (κ3) is 4.55. The van der Waals surface area contributed by atoms with E-state index in [4.69, 9.17) is 19.5 Å². The second-order valence-corrected chi connectivity index (χ2v) is 8.15. The molecule has 170 valence electrons. The summed E-state index contributed by atoms with van der Waals surface area (Å²) in [7, 11) is 3.18. The number of fused-ring (bicyclic) bond motifs is 1. The van der Waals surface area contributed by atoms with Crippen molar-refractivity contribution >= 4 is 16.8 Å². The van der Waals surface area contributed by atoms with E-state index < -0.39 is 12.2 Å². The van der Waals surface area contributed by atoms with Gasteiger partial charge in [0.05, 0.1) is 38.9 Å². The fraction of sp³-hybridized carbons (Fsp3) is 0.522. The number of carbonyl (C=O) groups excluding carboxylic acids is 1. The Morgan fingerprint density at radius 1 is 1.22 bits per heavy atom. The number of pyridine rings is 1. The molecule has 8 nitrogen and oxygen atoms in total. The molecule has 2 aliphatic rings. The van der Waals surface area contributed by atoms with Crippen LogP contribution >= 0.6 is 0 Å². The van der Waals surface area contributed by atoms with Gasteiger partial charge in [-0.3, -0.25) is 14.7 Å². The van der Waals surface area contributed by atoms with Crippen LogP contribution in [0.2, 0.25) is 0 Å². The van der Waals surface area contributed by atoms with Crippen molar-refractivity contribution in [3.8, 4) is 23.3 Å². The van der Waals surface area contributed by atoms with E-state index in [-0.39, 0.29) is 31.5 Å². The van der Waals surface area contributed by atoms with Crippen LogP contribution in [0, 0.1) is 11.3 Å². The van der Waals surface area contributed by atoms with Gasteiger partial charge < -0.3 is 19.1 Å². The van der Waals surface area contributed by atoms with Crippen molar-refractivity contribution in [2.24, 2.45) is 0 Å². The zero-order chi connectivity index (χ0) is 22.7. The van der Waals surface area contributed by atoms with Gasteiger partial charge in [-0.05, 0) is 25.0 Å². The third-order valence-electron chi connectivity index (χ3n) is 6.11. The van der Waals surface area contributed by atoms with Gasteiger partial charge in [0.2, 0.25) is 5.91 Å². The summed E-state index contributed by atoms with van der Waals surface area (Å²) in [6, 6.07) is 6.90. The maximum atomic E-state index is 13.6. The molecule has 1 aromatic heterocycles. The number of likely N-dealkylation sites (tertiary alicyclic amines) is 2. The molecule has 1 unspecified atom stereocenters. The first kappa shape index (κ1) is 22.1. The predicted octanol–water partition coefficient (Wildman–Crippen LogP) is 2.56. The van der Waals surface area contributed by atoms with E-state index in [1.165, 1.54) is 4.90 Å². The van der Waals surface area contributed by atoms with Crippen LogP contribution in [0.5, 0.6) is 17.2 Å². The average molecular weight is 442 g/mol. The van der Waals surface area contributed by atoms with Gasteiger partial charge in [0, 0.05) is 37.2 Å². The lowest BCUT2D eigenvalue weighted by Gasteiger charge is -2.33. The smallest absolute Gasteiger partial charge is 0.237 e. The maximum absolute atomic E-state index is 13.6. The Bertz CT molecular complexity index is 1020. The Hall–Kier alpha value is -3.12. The molecule has 0 bridgehead atoms. The van der Waals surface area contributed by atoms with Crippen LogP contribution in [0.25, 0.3) is 10.9 Å². The number of methoxy groups -OCH3 is 2. The highest BCUT2D eigenvalue weighted by atomic mass is 19.1. The molecule has 1 amide bonds. The lowest BCUT2D eigenvalue weighted by Crippen LogP contribution is -2.46. The topological polar surface area (TPSA) is 87.9 Å². The second kappa shape index (κ2) is 9.57. The average Bonchev–Trinajstić information content (AvgIpc) is 3.20. The number of carbonyl (C=O) groups is 1. The molecular weight excluding hydrogens is 415 g/mol. The molecule has 1 aromatic carbocycles. The third-order valence-corrected chi connectivity index (χ3v) is 6.11. The lowest BCUT2D eigenvalue weighted by atomic mass is 10.1. The number of aromatic nitrogens is 1. The van der Waals surface area contributed by atoms with Crippen molar-refractivity contribution in [1.82, 2.24) is 14.8 Å². The highest BCUT2D eigenvalue weighted by Crippen LogP contribution is 2.36. The minimum absolute atomic E-state index is 0.00825. The summed E-state index contributed by atoms with van der Waals surface area (Å²) < 4.78 is 30.7. The fourth-order valence-electron chi connectivity index (χ4n) is 4.38. The number of amides is 1. The molecule has 0 radical (unpaired) electrons. The number of rotatable bonds is 6. The zero-order valence-corrected chi connectivity index (χ0v) is 18.3. The molecule has 0 N–H and O–H groups in total. The Labute approximate surface area is 186 Å². The van der Waals surface area contributed by atoms with Crippen molar-refractivity contribution in [2.45, 2.75) is 37.6 Å². The molecule has 2 fully saturated rings. The van der Waals surface area contributed by atoms with E-state index in [2.05, 4.69) is 4.98 Å². The van der Waals surface area contributed by atoms with Gasteiger partial charge in [0.1, 0.15) is 24.1 Å². The van der Waals surface area contributed by atoms with Crippen LogP contribution in [-0.2, 0) is 4.79 Å². The molecule has 2 aliphatic heterocycles. The van der Waals surface area contributed by atoms with Gasteiger partial charge in [0.25, 0.3) is 0 Å². The van der Waals surface area contributed by atoms with Crippen LogP contribution < -0.4 is 14.2 Å². The van der Waals surface area contributed by atoms with E-state index in [0.717, 1.165) is 29.5 Å². The number of halogens is 1. The number of alkyl halides is 1. The van der Waals surface area contributed by atoms with Gasteiger partial charge >= 0.3 is 0 Å². The summed E-state index contributed by atoms with van der Waals surface area (Å²) in [4.78, 5) is 20.4. The highest BCUT2D eigenvalue weighted by molar-refractivity contribution is 5.88. The molecule has 0 saturated carbocycles. The summed E-state index contributed by atoms with van der Waals surface area (Å²) in [6.07, 6.45) is 2.23. The maximum Gasteiger partial charge on any atom is 0.237 e. The second-order valence-electron chi connectivity index (χ2n) is 8.15. The van der Waals surface area contributed by atoms with E-state index in [9.17, 15) is 9.18 Å². The Kier molecular flexibility index (Phi) is 6.61. The quantitative estimate of drug-likeness (QED) is 0.679. The first-order valence-electron chi connectivity index (χ1n) is 10.7. The number of benzene rings is 1. The molecule has 2 atom stereocenters. The number of nitrogens with zero attached hydrogens (tertiary/aromatic N) is 4. The van der Waals surface area contributed by atoms with Gasteiger partial charge in [-0.15, -0.1) is 0 Å². The molecule has 9 heteroatoms. The monoisotopic (exact) mass is 442 g/mol. The number of hydrogen-bond acceptors (Lipinski definition) is 7. The molecule has 4 rings (SSSR count). The van der Waals surface area contributed by atoms with Crippen molar-refractivity contribution in [3.05, 3.63) is 24.4 Å². The Morgan fingerprint density at radius 3 is 2.62 bits per heavy atom. The molecule has 32 heavy (non-hydrogen) atoms. The first-order chi connectivity index (χ1) is 15.5. The molecule has 0 spiro atoms. The first-order valence-corrected chi connectivity index (χ1v) is 10.7. The molecule has 2 saturated heterocycles. The van der Waals surface area contributed by atoms with Gasteiger partial charge in [0.15, 0.2) is 11.5 Å². The highest BCUT2D eigenvalue weighted by Gasteiger charge is 2.36. The summed E-state index contributed by atoms with van der Waals surface area (Å²) in [5.41, 5.74) is 0.756. The SMILES string of the molecule is COc1cc2nccc(OC3CCN(CC(=O)N4C[C@@H](F)CC4C#N)CC3)c2cc1OC. The van der Waals surface area contributed by atoms with E-state index in [1.807, 2.05) is 29.2 Å². The summed E-state index contributed by atoms with van der Waals surface area (Å²) >= 11 is 0. The number of ether oxygens (including phenoxy) is 3. The molecule has 0 aliphatic carbocycles. The standard InChI is InChI=1S/C23H27FN4O4/c1-30-21-10-18-19(11-22(21)31-2)26-6-3-20(18)32-17-4-7-27(8-5-17)14-23(29)28-13-15(24)9-16(28)12-25/h3,6,10-11,15-17H,4-5,7-9,13-14H2,1-2H3/t15-,16?/m0/s1. The van der Waals surface area contributed by atoms with E-state index >= 15 is 0 Å². The van der Waals surface area contributed by atoms with Crippen LogP contribution in [-0.4, -0.2) is 79.4 Å². The minimum Gasteiger partial charge on any atom is -0.493 e. The van der Waals surface area contributed by atoms with Crippen LogP contribution in [0.15, 0.2) is 24.4 Å². The number of piperidine rings is 1. The Morgan fingerprint density at radius 2 is 1.94 bits per heavy atom. The van der Waals surface area contributed by atoms with Crippen molar-refractivity contribution in [1.29, 1.82) is 5.26 Å². The molecular formula is C23H27FN4O4. The normalized spacial score (nSPS) is 22.0. The predicted molar refractivity (Wildman–Crippen MR) is 116 cm³/mol. The van der Waals surface area contributed by atoms with Crippen molar-refractivity contribution < 1.29 is 23.4 Å². The molecule has 3 heterocycles. The summed E-state index contributed by atoms with van der Waals surface area (Å²) in [5.74, 6) is 1.77.